The van der Waals surface area contributed by atoms with Crippen LogP contribution in [0, 0.1) is 6.92 Å². The molecule has 0 fully saturated rings. The number of oxazole rings is 1. The first kappa shape index (κ1) is 16.4. The lowest BCUT2D eigenvalue weighted by molar-refractivity contribution is 0.0642. The number of carbonyl (C=O) groups is 2. The second kappa shape index (κ2) is 6.16. The minimum absolute atomic E-state index is 0.255. The molecule has 1 aliphatic rings. The molecule has 5 rings (SSSR count). The van der Waals surface area contributed by atoms with Gasteiger partial charge in [0.2, 0.25) is 5.89 Å². The summed E-state index contributed by atoms with van der Waals surface area (Å²) in [6.07, 6.45) is 0. The number of benzene rings is 3. The maximum atomic E-state index is 12.9. The van der Waals surface area contributed by atoms with E-state index in [-0.39, 0.29) is 18.4 Å². The van der Waals surface area contributed by atoms with Gasteiger partial charge in [-0.25, -0.2) is 4.98 Å². The van der Waals surface area contributed by atoms with E-state index in [9.17, 15) is 9.59 Å². The van der Waals surface area contributed by atoms with Gasteiger partial charge in [0.1, 0.15) is 5.52 Å². The lowest BCUT2D eigenvalue weighted by Gasteiger charge is -2.13. The molecule has 0 bridgehead atoms. The summed E-state index contributed by atoms with van der Waals surface area (Å²) in [5.74, 6) is -0.133. The number of hydrogen-bond acceptors (Lipinski definition) is 4. The molecular formula is C23H16N2O3. The van der Waals surface area contributed by atoms with Gasteiger partial charge in [-0.3, -0.25) is 14.5 Å². The molecule has 1 aliphatic heterocycles. The van der Waals surface area contributed by atoms with Crippen molar-refractivity contribution in [1.82, 2.24) is 9.88 Å². The number of aryl methyl sites for hydroxylation is 1. The minimum atomic E-state index is -0.294. The summed E-state index contributed by atoms with van der Waals surface area (Å²) in [5.41, 5.74) is 4.93. The molecule has 5 heteroatoms. The number of carbonyl (C=O) groups excluding carboxylic acids is 2. The quantitative estimate of drug-likeness (QED) is 0.496. The molecule has 136 valence electrons. The third-order valence-electron chi connectivity index (χ3n) is 4.95. The van der Waals surface area contributed by atoms with Gasteiger partial charge in [-0.1, -0.05) is 36.4 Å². The van der Waals surface area contributed by atoms with Crippen molar-refractivity contribution in [2.24, 2.45) is 0 Å². The van der Waals surface area contributed by atoms with Crippen LogP contribution in [0.15, 0.2) is 71.1 Å². The van der Waals surface area contributed by atoms with E-state index in [1.807, 2.05) is 55.5 Å². The fourth-order valence-corrected chi connectivity index (χ4v) is 3.49. The molecule has 28 heavy (non-hydrogen) atoms. The molecule has 0 atom stereocenters. The zero-order valence-corrected chi connectivity index (χ0v) is 15.2. The Balaban J connectivity index is 1.51. The van der Waals surface area contributed by atoms with Gasteiger partial charge >= 0.3 is 0 Å². The zero-order chi connectivity index (χ0) is 19.3. The van der Waals surface area contributed by atoms with Crippen LogP contribution < -0.4 is 0 Å². The average molecular weight is 368 g/mol. The van der Waals surface area contributed by atoms with Crippen LogP contribution in [0.5, 0.6) is 0 Å². The molecule has 2 heterocycles. The Kier molecular flexibility index (Phi) is 3.62. The molecule has 0 unspecified atom stereocenters. The van der Waals surface area contributed by atoms with Gasteiger partial charge in [0.15, 0.2) is 5.58 Å². The van der Waals surface area contributed by atoms with E-state index in [0.717, 1.165) is 16.6 Å². The van der Waals surface area contributed by atoms with E-state index in [1.165, 1.54) is 4.90 Å². The molecular weight excluding hydrogens is 352 g/mol. The minimum Gasteiger partial charge on any atom is -0.436 e. The Morgan fingerprint density at radius 1 is 0.893 bits per heavy atom. The molecule has 0 saturated heterocycles. The van der Waals surface area contributed by atoms with Crippen LogP contribution in [-0.2, 0) is 6.54 Å². The van der Waals surface area contributed by atoms with Gasteiger partial charge in [0.25, 0.3) is 11.8 Å². The number of amides is 2. The summed E-state index contributed by atoms with van der Waals surface area (Å²) >= 11 is 0. The van der Waals surface area contributed by atoms with Crippen molar-refractivity contribution in [3.8, 4) is 11.5 Å². The van der Waals surface area contributed by atoms with E-state index < -0.39 is 0 Å². The summed E-state index contributed by atoms with van der Waals surface area (Å²) in [5, 5.41) is 0. The molecule has 2 amide bonds. The summed E-state index contributed by atoms with van der Waals surface area (Å²) in [6.45, 7) is 2.24. The SMILES string of the molecule is Cc1ccc2nc(-c3ccc4c(c3)C(=O)N(Cc3ccccc3)C4=O)oc2c1. The third kappa shape index (κ3) is 2.60. The van der Waals surface area contributed by atoms with E-state index in [4.69, 9.17) is 4.42 Å². The largest absolute Gasteiger partial charge is 0.436 e. The lowest BCUT2D eigenvalue weighted by Crippen LogP contribution is -2.29. The molecule has 4 aromatic rings. The first-order valence-electron chi connectivity index (χ1n) is 9.02. The smallest absolute Gasteiger partial charge is 0.261 e. The maximum absolute atomic E-state index is 12.9. The van der Waals surface area contributed by atoms with E-state index in [2.05, 4.69) is 4.98 Å². The highest BCUT2D eigenvalue weighted by molar-refractivity contribution is 6.21. The number of aromatic nitrogens is 1. The van der Waals surface area contributed by atoms with Gasteiger partial charge in [-0.05, 0) is 48.4 Å². The molecule has 0 aliphatic carbocycles. The summed E-state index contributed by atoms with van der Waals surface area (Å²) in [7, 11) is 0. The fraction of sp³-hybridized carbons (Fsp3) is 0.0870. The predicted octanol–water partition coefficient (Wildman–Crippen LogP) is 4.60. The lowest BCUT2D eigenvalue weighted by atomic mass is 10.1. The Bertz CT molecular complexity index is 1240. The Hall–Kier alpha value is -3.73. The van der Waals surface area contributed by atoms with Crippen molar-refractivity contribution in [3.05, 3.63) is 89.0 Å². The van der Waals surface area contributed by atoms with Gasteiger partial charge in [0.05, 0.1) is 17.7 Å². The van der Waals surface area contributed by atoms with Crippen molar-refractivity contribution in [1.29, 1.82) is 0 Å². The van der Waals surface area contributed by atoms with Crippen LogP contribution in [0.2, 0.25) is 0 Å². The van der Waals surface area contributed by atoms with Crippen molar-refractivity contribution >= 4 is 22.9 Å². The number of rotatable bonds is 3. The van der Waals surface area contributed by atoms with Crippen LogP contribution in [-0.4, -0.2) is 21.7 Å². The standard InChI is InChI=1S/C23H16N2O3/c1-14-7-10-19-20(11-14)28-21(24-19)16-8-9-17-18(12-16)23(27)25(22(17)26)13-15-5-3-2-4-6-15/h2-12H,13H2,1H3. The highest BCUT2D eigenvalue weighted by Gasteiger charge is 2.35. The van der Waals surface area contributed by atoms with E-state index >= 15 is 0 Å². The van der Waals surface area contributed by atoms with Gasteiger partial charge < -0.3 is 4.42 Å². The van der Waals surface area contributed by atoms with Crippen molar-refractivity contribution in [3.63, 3.8) is 0 Å². The van der Waals surface area contributed by atoms with Gasteiger partial charge in [-0.2, -0.15) is 0 Å². The number of imide groups is 1. The molecule has 0 saturated carbocycles. The monoisotopic (exact) mass is 368 g/mol. The third-order valence-corrected chi connectivity index (χ3v) is 4.95. The summed E-state index contributed by atoms with van der Waals surface area (Å²) in [6, 6.07) is 20.4. The van der Waals surface area contributed by atoms with Crippen LogP contribution >= 0.6 is 0 Å². The maximum Gasteiger partial charge on any atom is 0.261 e. The first-order chi connectivity index (χ1) is 13.6. The molecule has 3 aromatic carbocycles. The Morgan fingerprint density at radius 3 is 2.50 bits per heavy atom. The molecule has 1 aromatic heterocycles. The van der Waals surface area contributed by atoms with E-state index in [1.54, 1.807) is 18.2 Å². The number of nitrogens with zero attached hydrogens (tertiary/aromatic N) is 2. The summed E-state index contributed by atoms with van der Waals surface area (Å²) < 4.78 is 5.86. The van der Waals surface area contributed by atoms with Crippen LogP contribution in [0.25, 0.3) is 22.6 Å². The molecule has 0 radical (unpaired) electrons. The van der Waals surface area contributed by atoms with Crippen molar-refractivity contribution < 1.29 is 14.0 Å². The second-order valence-corrected chi connectivity index (χ2v) is 6.93. The second-order valence-electron chi connectivity index (χ2n) is 6.93. The fourth-order valence-electron chi connectivity index (χ4n) is 3.49. The molecule has 0 N–H and O–H groups in total. The van der Waals surface area contributed by atoms with Crippen LogP contribution in [0.4, 0.5) is 0 Å². The zero-order valence-electron chi connectivity index (χ0n) is 15.2. The molecule has 0 spiro atoms. The topological polar surface area (TPSA) is 63.4 Å². The first-order valence-corrected chi connectivity index (χ1v) is 9.02. The van der Waals surface area contributed by atoms with Crippen LogP contribution in [0.3, 0.4) is 0 Å². The Labute approximate surface area is 161 Å². The van der Waals surface area contributed by atoms with Gasteiger partial charge in [0, 0.05) is 5.56 Å². The highest BCUT2D eigenvalue weighted by Crippen LogP contribution is 2.31. The van der Waals surface area contributed by atoms with E-state index in [0.29, 0.717) is 28.2 Å². The van der Waals surface area contributed by atoms with Crippen LogP contribution in [0.1, 0.15) is 31.8 Å². The number of hydrogen-bond donors (Lipinski definition) is 0. The van der Waals surface area contributed by atoms with Gasteiger partial charge in [-0.15, -0.1) is 0 Å². The Morgan fingerprint density at radius 2 is 1.68 bits per heavy atom. The molecule has 5 nitrogen and oxygen atoms in total. The predicted molar refractivity (Wildman–Crippen MR) is 105 cm³/mol. The van der Waals surface area contributed by atoms with Crippen molar-refractivity contribution in [2.75, 3.05) is 0 Å². The highest BCUT2D eigenvalue weighted by atomic mass is 16.3. The normalized spacial score (nSPS) is 13.4. The van der Waals surface area contributed by atoms with Crippen molar-refractivity contribution in [2.45, 2.75) is 13.5 Å². The summed E-state index contributed by atoms with van der Waals surface area (Å²) in [4.78, 5) is 31.4. The average Bonchev–Trinajstić information content (AvgIpc) is 3.23. The number of fused-ring (bicyclic) bond motifs is 2.